The van der Waals surface area contributed by atoms with Gasteiger partial charge in [-0.1, -0.05) is 36.4 Å². The first-order valence-electron chi connectivity index (χ1n) is 11.3. The quantitative estimate of drug-likeness (QED) is 0.399. The smallest absolute Gasteiger partial charge is 0.417 e. The molecule has 35 heavy (non-hydrogen) atoms. The van der Waals surface area contributed by atoms with Crippen molar-refractivity contribution in [2.75, 3.05) is 31.2 Å². The van der Waals surface area contributed by atoms with Crippen LogP contribution in [0.3, 0.4) is 0 Å². The average molecular weight is 486 g/mol. The topological polar surface area (TPSA) is 60.9 Å². The van der Waals surface area contributed by atoms with Crippen LogP contribution in [-0.4, -0.2) is 43.4 Å². The molecule has 0 radical (unpaired) electrons. The number of esters is 1. The second kappa shape index (κ2) is 10.7. The van der Waals surface area contributed by atoms with E-state index in [4.69, 9.17) is 14.2 Å². The van der Waals surface area contributed by atoms with Crippen molar-refractivity contribution in [3.8, 4) is 22.8 Å². The maximum atomic E-state index is 12.8. The van der Waals surface area contributed by atoms with E-state index in [1.165, 1.54) is 6.07 Å². The molecular formula is C26H25F3N2O4. The summed E-state index contributed by atoms with van der Waals surface area (Å²) in [4.78, 5) is 17.7. The maximum Gasteiger partial charge on any atom is 0.417 e. The van der Waals surface area contributed by atoms with Crippen LogP contribution in [0.1, 0.15) is 18.9 Å². The van der Waals surface area contributed by atoms with E-state index in [0.29, 0.717) is 25.3 Å². The molecule has 2 heterocycles. The van der Waals surface area contributed by atoms with E-state index in [1.54, 1.807) is 6.92 Å². The van der Waals surface area contributed by atoms with Crippen molar-refractivity contribution in [2.45, 2.75) is 25.6 Å². The molecule has 0 bridgehead atoms. The third kappa shape index (κ3) is 6.23. The molecule has 1 aromatic heterocycles. The minimum absolute atomic E-state index is 0.142. The number of ether oxygens (including phenoxy) is 3. The van der Waals surface area contributed by atoms with Crippen molar-refractivity contribution in [1.82, 2.24) is 4.98 Å². The molecule has 1 saturated heterocycles. The standard InChI is InChI=1S/C26H25F3N2O4/c1-2-33-25(32)17-34-23-14-19(18-6-4-3-5-7-18)8-10-22(23)31-13-12-21(16-31)35-24-11-9-20(15-30-24)26(27,28)29/h3-11,14-15,21H,2,12-13,16-17H2,1H3/t21-/m1/s1. The first-order valence-corrected chi connectivity index (χ1v) is 11.3. The summed E-state index contributed by atoms with van der Waals surface area (Å²) in [5, 5.41) is 0. The fourth-order valence-electron chi connectivity index (χ4n) is 3.87. The number of pyridine rings is 1. The number of benzene rings is 2. The van der Waals surface area contributed by atoms with Crippen molar-refractivity contribution in [3.63, 3.8) is 0 Å². The SMILES string of the molecule is CCOC(=O)COc1cc(-c2ccccc2)ccc1N1CC[C@@H](Oc2ccc(C(F)(F)F)cn2)C1. The summed E-state index contributed by atoms with van der Waals surface area (Å²) in [6, 6.07) is 17.8. The maximum absolute atomic E-state index is 12.8. The predicted octanol–water partition coefficient (Wildman–Crippen LogP) is 5.37. The van der Waals surface area contributed by atoms with Gasteiger partial charge in [-0.3, -0.25) is 0 Å². The number of aromatic nitrogens is 1. The summed E-state index contributed by atoms with van der Waals surface area (Å²) < 4.78 is 54.9. The molecule has 1 aliphatic heterocycles. The molecule has 3 aromatic rings. The second-order valence-electron chi connectivity index (χ2n) is 8.00. The van der Waals surface area contributed by atoms with E-state index in [-0.39, 0.29) is 25.2 Å². The monoisotopic (exact) mass is 486 g/mol. The number of rotatable bonds is 8. The van der Waals surface area contributed by atoms with Gasteiger partial charge in [0, 0.05) is 25.2 Å². The normalized spacial score (nSPS) is 15.7. The van der Waals surface area contributed by atoms with Gasteiger partial charge in [-0.25, -0.2) is 9.78 Å². The van der Waals surface area contributed by atoms with Gasteiger partial charge in [-0.2, -0.15) is 13.2 Å². The third-order valence-corrected chi connectivity index (χ3v) is 5.55. The minimum atomic E-state index is -4.44. The van der Waals surface area contributed by atoms with Crippen LogP contribution in [0.4, 0.5) is 18.9 Å². The number of hydrogen-bond donors (Lipinski definition) is 0. The Morgan fingerprint density at radius 1 is 1.09 bits per heavy atom. The highest BCUT2D eigenvalue weighted by Gasteiger charge is 2.31. The third-order valence-electron chi connectivity index (χ3n) is 5.55. The summed E-state index contributed by atoms with van der Waals surface area (Å²) in [7, 11) is 0. The molecule has 0 aliphatic carbocycles. The fraction of sp³-hybridized carbons (Fsp3) is 0.308. The van der Waals surface area contributed by atoms with Gasteiger partial charge in [-0.05, 0) is 36.2 Å². The molecule has 0 spiro atoms. The Balaban J connectivity index is 1.49. The fourth-order valence-corrected chi connectivity index (χ4v) is 3.87. The van der Waals surface area contributed by atoms with Gasteiger partial charge in [0.25, 0.3) is 0 Å². The summed E-state index contributed by atoms with van der Waals surface area (Å²) >= 11 is 0. The van der Waals surface area contributed by atoms with Crippen LogP contribution in [0, 0.1) is 0 Å². The number of carbonyl (C=O) groups is 1. The van der Waals surface area contributed by atoms with E-state index in [2.05, 4.69) is 9.88 Å². The van der Waals surface area contributed by atoms with E-state index < -0.39 is 17.7 Å². The zero-order chi connectivity index (χ0) is 24.8. The predicted molar refractivity (Wildman–Crippen MR) is 124 cm³/mol. The van der Waals surface area contributed by atoms with Gasteiger partial charge in [0.2, 0.25) is 5.88 Å². The van der Waals surface area contributed by atoms with Crippen molar-refractivity contribution in [3.05, 3.63) is 72.4 Å². The van der Waals surface area contributed by atoms with Crippen LogP contribution in [0.15, 0.2) is 66.9 Å². The molecule has 0 unspecified atom stereocenters. The number of halogens is 3. The first kappa shape index (κ1) is 24.4. The summed E-state index contributed by atoms with van der Waals surface area (Å²) in [6.45, 7) is 2.91. The minimum Gasteiger partial charge on any atom is -0.480 e. The van der Waals surface area contributed by atoms with E-state index in [0.717, 1.165) is 29.1 Å². The van der Waals surface area contributed by atoms with Crippen LogP contribution in [0.5, 0.6) is 11.6 Å². The molecule has 184 valence electrons. The highest BCUT2D eigenvalue weighted by Crippen LogP contribution is 2.36. The zero-order valence-electron chi connectivity index (χ0n) is 19.1. The Morgan fingerprint density at radius 2 is 1.89 bits per heavy atom. The van der Waals surface area contributed by atoms with Crippen molar-refractivity contribution in [2.24, 2.45) is 0 Å². The van der Waals surface area contributed by atoms with Crippen LogP contribution in [0.25, 0.3) is 11.1 Å². The molecule has 1 atom stereocenters. The first-order chi connectivity index (χ1) is 16.8. The van der Waals surface area contributed by atoms with Crippen LogP contribution in [-0.2, 0) is 15.7 Å². The number of carbonyl (C=O) groups excluding carboxylic acids is 1. The highest BCUT2D eigenvalue weighted by molar-refractivity contribution is 5.74. The molecule has 2 aromatic carbocycles. The highest BCUT2D eigenvalue weighted by atomic mass is 19.4. The van der Waals surface area contributed by atoms with Gasteiger partial charge in [0.15, 0.2) is 6.61 Å². The van der Waals surface area contributed by atoms with Gasteiger partial charge in [0.05, 0.1) is 24.4 Å². The molecule has 9 heteroatoms. The van der Waals surface area contributed by atoms with E-state index in [9.17, 15) is 18.0 Å². The lowest BCUT2D eigenvalue weighted by molar-refractivity contribution is -0.145. The summed E-state index contributed by atoms with van der Waals surface area (Å²) in [6.07, 6.45) is -3.28. The van der Waals surface area contributed by atoms with E-state index >= 15 is 0 Å². The second-order valence-corrected chi connectivity index (χ2v) is 8.00. The molecular weight excluding hydrogens is 461 g/mol. The zero-order valence-corrected chi connectivity index (χ0v) is 19.1. The Kier molecular flexibility index (Phi) is 7.43. The molecule has 1 fully saturated rings. The Hall–Kier alpha value is -3.75. The summed E-state index contributed by atoms with van der Waals surface area (Å²) in [5.74, 6) is 0.218. The largest absolute Gasteiger partial charge is 0.480 e. The molecule has 4 rings (SSSR count). The molecule has 0 N–H and O–H groups in total. The molecule has 0 amide bonds. The van der Waals surface area contributed by atoms with Gasteiger partial charge >= 0.3 is 12.1 Å². The van der Waals surface area contributed by atoms with E-state index in [1.807, 2.05) is 48.5 Å². The van der Waals surface area contributed by atoms with Gasteiger partial charge < -0.3 is 19.1 Å². The van der Waals surface area contributed by atoms with Crippen LogP contribution < -0.4 is 14.4 Å². The number of hydrogen-bond acceptors (Lipinski definition) is 6. The Labute approximate surface area is 201 Å². The number of alkyl halides is 3. The van der Waals surface area contributed by atoms with Crippen molar-refractivity contribution in [1.29, 1.82) is 0 Å². The van der Waals surface area contributed by atoms with Crippen molar-refractivity contribution < 1.29 is 32.2 Å². The lowest BCUT2D eigenvalue weighted by Gasteiger charge is -2.23. The lowest BCUT2D eigenvalue weighted by atomic mass is 10.0. The lowest BCUT2D eigenvalue weighted by Crippen LogP contribution is -2.25. The Bertz CT molecular complexity index is 1140. The van der Waals surface area contributed by atoms with Crippen molar-refractivity contribution >= 4 is 11.7 Å². The number of anilines is 1. The number of nitrogens with zero attached hydrogens (tertiary/aromatic N) is 2. The Morgan fingerprint density at radius 3 is 2.57 bits per heavy atom. The van der Waals surface area contributed by atoms with Gasteiger partial charge in [0.1, 0.15) is 11.9 Å². The molecule has 0 saturated carbocycles. The van der Waals surface area contributed by atoms with Gasteiger partial charge in [-0.15, -0.1) is 0 Å². The van der Waals surface area contributed by atoms with Crippen LogP contribution in [0.2, 0.25) is 0 Å². The average Bonchev–Trinajstić information content (AvgIpc) is 3.31. The molecule has 6 nitrogen and oxygen atoms in total. The summed E-state index contributed by atoms with van der Waals surface area (Å²) in [5.41, 5.74) is 1.92. The molecule has 1 aliphatic rings. The van der Waals surface area contributed by atoms with Crippen LogP contribution >= 0.6 is 0 Å².